The zero-order valence-corrected chi connectivity index (χ0v) is 10.3. The van der Waals surface area contributed by atoms with Crippen molar-refractivity contribution in [2.75, 3.05) is 0 Å². The van der Waals surface area contributed by atoms with E-state index in [4.69, 9.17) is 0 Å². The molecule has 0 aliphatic heterocycles. The molecule has 2 aliphatic rings. The third-order valence-corrected chi connectivity index (χ3v) is 5.73. The van der Waals surface area contributed by atoms with Crippen molar-refractivity contribution in [2.24, 2.45) is 5.92 Å². The lowest BCUT2D eigenvalue weighted by molar-refractivity contribution is 0.664. The van der Waals surface area contributed by atoms with Gasteiger partial charge >= 0.3 is 0 Å². The second-order valence-electron chi connectivity index (χ2n) is 5.42. The summed E-state index contributed by atoms with van der Waals surface area (Å²) in [6.07, 6.45) is 6.56. The molecule has 0 aromatic heterocycles. The summed E-state index contributed by atoms with van der Waals surface area (Å²) in [5.74, 6) is 0.807. The van der Waals surface area contributed by atoms with Crippen LogP contribution in [-0.2, 0) is 0 Å². The van der Waals surface area contributed by atoms with Crippen molar-refractivity contribution in [3.8, 4) is 0 Å². The van der Waals surface area contributed by atoms with E-state index in [9.17, 15) is 0 Å². The van der Waals surface area contributed by atoms with Crippen LogP contribution in [0.15, 0.2) is 22.4 Å². The van der Waals surface area contributed by atoms with E-state index in [1.54, 1.807) is 11.1 Å². The summed E-state index contributed by atoms with van der Waals surface area (Å²) in [4.78, 5) is 0. The van der Waals surface area contributed by atoms with Crippen LogP contribution in [0.3, 0.4) is 0 Å². The molecule has 0 nitrogen and oxygen atoms in total. The van der Waals surface area contributed by atoms with Crippen molar-refractivity contribution in [3.63, 3.8) is 0 Å². The number of fused-ring (bicyclic) bond motifs is 1. The largest absolute Gasteiger partial charge is 0.0805 e. The van der Waals surface area contributed by atoms with Gasteiger partial charge in [-0.3, -0.25) is 0 Å². The average molecular weight is 192 g/mol. The van der Waals surface area contributed by atoms with Crippen LogP contribution in [0.2, 0.25) is 19.6 Å². The van der Waals surface area contributed by atoms with Gasteiger partial charge in [-0.15, -0.1) is 0 Å². The first-order valence-electron chi connectivity index (χ1n) is 5.46. The van der Waals surface area contributed by atoms with Gasteiger partial charge in [0.05, 0.1) is 8.07 Å². The Morgan fingerprint density at radius 3 is 2.62 bits per heavy atom. The Balaban J connectivity index is 2.39. The minimum absolute atomic E-state index is 0.807. The van der Waals surface area contributed by atoms with E-state index in [0.717, 1.165) is 5.92 Å². The molecule has 0 aromatic rings. The lowest BCUT2D eigenvalue weighted by atomic mass is 9.75. The first kappa shape index (κ1) is 9.26. The molecule has 0 radical (unpaired) electrons. The molecule has 0 N–H and O–H groups in total. The Labute approximate surface area is 82.7 Å². The normalized spacial score (nSPS) is 28.0. The predicted molar refractivity (Wildman–Crippen MR) is 61.5 cm³/mol. The van der Waals surface area contributed by atoms with E-state index >= 15 is 0 Å². The van der Waals surface area contributed by atoms with Crippen LogP contribution in [0.5, 0.6) is 0 Å². The number of rotatable bonds is 1. The number of allylic oxidation sites excluding steroid dienone is 4. The van der Waals surface area contributed by atoms with Crippen LogP contribution in [0.4, 0.5) is 0 Å². The quantitative estimate of drug-likeness (QED) is 0.552. The van der Waals surface area contributed by atoms with Gasteiger partial charge in [0.2, 0.25) is 0 Å². The Bertz CT molecular complexity index is 289. The fourth-order valence-electron chi connectivity index (χ4n) is 2.97. The second-order valence-corrected chi connectivity index (χ2v) is 10.5. The van der Waals surface area contributed by atoms with Crippen LogP contribution in [-0.4, -0.2) is 8.07 Å². The Morgan fingerprint density at radius 1 is 1.31 bits per heavy atom. The van der Waals surface area contributed by atoms with Crippen LogP contribution in [0, 0.1) is 5.92 Å². The van der Waals surface area contributed by atoms with Crippen molar-refractivity contribution >= 4 is 8.07 Å². The van der Waals surface area contributed by atoms with E-state index in [2.05, 4.69) is 32.6 Å². The SMILES string of the molecule is CC1C2=CCCCC2=C1[Si](C)(C)C. The molecule has 2 aliphatic carbocycles. The standard InChI is InChI=1S/C12H20Si/c1-9-10-7-5-6-8-11(10)12(9)13(2,3)4/h7,9H,5-6,8H2,1-4H3. The topological polar surface area (TPSA) is 0 Å². The van der Waals surface area contributed by atoms with Crippen LogP contribution >= 0.6 is 0 Å². The molecule has 0 heterocycles. The maximum Gasteiger partial charge on any atom is 0.0736 e. The summed E-state index contributed by atoms with van der Waals surface area (Å²) in [6, 6.07) is 0. The van der Waals surface area contributed by atoms with Gasteiger partial charge in [-0.2, -0.15) is 0 Å². The maximum absolute atomic E-state index is 2.48. The molecule has 72 valence electrons. The van der Waals surface area contributed by atoms with Gasteiger partial charge in [-0.05, 0) is 36.3 Å². The smallest absolute Gasteiger partial charge is 0.0736 e. The fourth-order valence-corrected chi connectivity index (χ4v) is 5.60. The van der Waals surface area contributed by atoms with Gasteiger partial charge < -0.3 is 0 Å². The second kappa shape index (κ2) is 2.84. The highest BCUT2D eigenvalue weighted by Crippen LogP contribution is 2.48. The van der Waals surface area contributed by atoms with Crippen LogP contribution < -0.4 is 0 Å². The van der Waals surface area contributed by atoms with Gasteiger partial charge in [0, 0.05) is 0 Å². The van der Waals surface area contributed by atoms with E-state index in [1.165, 1.54) is 19.3 Å². The summed E-state index contributed by atoms with van der Waals surface area (Å²) < 4.78 is 0. The van der Waals surface area contributed by atoms with Gasteiger partial charge in [0.25, 0.3) is 0 Å². The molecule has 1 atom stereocenters. The highest BCUT2D eigenvalue weighted by molar-refractivity contribution is 6.83. The lowest BCUT2D eigenvalue weighted by Gasteiger charge is -2.43. The molecule has 0 aromatic carbocycles. The molecule has 2 rings (SSSR count). The van der Waals surface area contributed by atoms with Gasteiger partial charge in [0.15, 0.2) is 0 Å². The number of hydrogen-bond donors (Lipinski definition) is 0. The van der Waals surface area contributed by atoms with Crippen molar-refractivity contribution in [3.05, 3.63) is 22.4 Å². The van der Waals surface area contributed by atoms with E-state index in [0.29, 0.717) is 0 Å². The predicted octanol–water partition coefficient (Wildman–Crippen LogP) is 3.92. The van der Waals surface area contributed by atoms with Crippen LogP contribution in [0.1, 0.15) is 26.2 Å². The molecule has 1 heteroatoms. The summed E-state index contributed by atoms with van der Waals surface area (Å²) in [5.41, 5.74) is 3.46. The first-order valence-corrected chi connectivity index (χ1v) is 8.96. The Hall–Kier alpha value is -0.303. The maximum atomic E-state index is 2.48. The highest BCUT2D eigenvalue weighted by Gasteiger charge is 2.38. The highest BCUT2D eigenvalue weighted by atomic mass is 28.3. The molecular weight excluding hydrogens is 172 g/mol. The third kappa shape index (κ3) is 1.34. The lowest BCUT2D eigenvalue weighted by Crippen LogP contribution is -2.38. The van der Waals surface area contributed by atoms with Crippen molar-refractivity contribution in [2.45, 2.75) is 45.8 Å². The zero-order valence-electron chi connectivity index (χ0n) is 9.28. The van der Waals surface area contributed by atoms with Gasteiger partial charge in [0.1, 0.15) is 0 Å². The molecular formula is C12H20Si. The van der Waals surface area contributed by atoms with Crippen molar-refractivity contribution < 1.29 is 0 Å². The van der Waals surface area contributed by atoms with E-state index in [-0.39, 0.29) is 0 Å². The summed E-state index contributed by atoms with van der Waals surface area (Å²) in [5, 5.41) is 1.86. The summed E-state index contributed by atoms with van der Waals surface area (Å²) >= 11 is 0. The van der Waals surface area contributed by atoms with Crippen molar-refractivity contribution in [1.29, 1.82) is 0 Å². The number of hydrogen-bond acceptors (Lipinski definition) is 0. The van der Waals surface area contributed by atoms with Gasteiger partial charge in [-0.25, -0.2) is 0 Å². The minimum Gasteiger partial charge on any atom is -0.0805 e. The summed E-state index contributed by atoms with van der Waals surface area (Å²) in [6.45, 7) is 9.85. The van der Waals surface area contributed by atoms with Gasteiger partial charge in [-0.1, -0.05) is 37.8 Å². The first-order chi connectivity index (χ1) is 6.02. The molecule has 0 saturated carbocycles. The molecule has 0 bridgehead atoms. The molecule has 0 saturated heterocycles. The molecule has 13 heavy (non-hydrogen) atoms. The van der Waals surface area contributed by atoms with E-state index in [1.807, 2.05) is 5.20 Å². The average Bonchev–Trinajstić information content (AvgIpc) is 2.00. The molecule has 0 spiro atoms. The Kier molecular flexibility index (Phi) is 2.03. The minimum atomic E-state index is -1.01. The molecule has 1 unspecified atom stereocenters. The van der Waals surface area contributed by atoms with E-state index < -0.39 is 8.07 Å². The zero-order chi connectivity index (χ0) is 9.64. The van der Waals surface area contributed by atoms with Crippen molar-refractivity contribution in [1.82, 2.24) is 0 Å². The van der Waals surface area contributed by atoms with Crippen LogP contribution in [0.25, 0.3) is 0 Å². The fraction of sp³-hybridized carbons (Fsp3) is 0.667. The third-order valence-electron chi connectivity index (χ3n) is 3.38. The Morgan fingerprint density at radius 2 is 2.00 bits per heavy atom. The monoisotopic (exact) mass is 192 g/mol. The molecule has 0 fully saturated rings. The molecule has 0 amide bonds. The summed E-state index contributed by atoms with van der Waals surface area (Å²) in [7, 11) is -1.01.